The summed E-state index contributed by atoms with van der Waals surface area (Å²) < 4.78 is 35.7. The molecular weight excluding hydrogens is 335 g/mol. The molecule has 142 valence electrons. The van der Waals surface area contributed by atoms with Gasteiger partial charge in [0.1, 0.15) is 0 Å². The van der Waals surface area contributed by atoms with Gasteiger partial charge in [-0.2, -0.15) is 8.42 Å². The van der Waals surface area contributed by atoms with Crippen LogP contribution < -0.4 is 0 Å². The molecule has 0 aromatic rings. The minimum absolute atomic E-state index is 0. The van der Waals surface area contributed by atoms with Crippen molar-refractivity contribution < 1.29 is 17.2 Å². The maximum atomic E-state index is 11.0. The van der Waals surface area contributed by atoms with E-state index in [4.69, 9.17) is 8.74 Å². The molecular formula is C18H39NaO4S. The summed E-state index contributed by atoms with van der Waals surface area (Å²) >= 11 is 0. The van der Waals surface area contributed by atoms with Gasteiger partial charge in [-0.15, -0.1) is 0 Å². The van der Waals surface area contributed by atoms with E-state index >= 15 is 0 Å². The molecule has 0 aliphatic rings. The van der Waals surface area contributed by atoms with Crippen molar-refractivity contribution in [3.05, 3.63) is 0 Å². The standard InChI is InChI=1S/C18H38O4S.Na.H/c1-3-5-7-9-11-13-15-17-18(22-23(19,20)21)16-14-12-10-8-6-4-2;;/h18H,3-17H2,1-2H3,(H,19,20,21);;. The van der Waals surface area contributed by atoms with Gasteiger partial charge in [0.05, 0.1) is 6.10 Å². The van der Waals surface area contributed by atoms with Crippen molar-refractivity contribution in [2.45, 2.75) is 116 Å². The Kier molecular flexibility index (Phi) is 21.1. The molecule has 0 aliphatic carbocycles. The van der Waals surface area contributed by atoms with Gasteiger partial charge in [-0.3, -0.25) is 4.55 Å². The van der Waals surface area contributed by atoms with Crippen molar-refractivity contribution in [1.82, 2.24) is 0 Å². The molecule has 4 nitrogen and oxygen atoms in total. The fourth-order valence-electron chi connectivity index (χ4n) is 2.89. The summed E-state index contributed by atoms with van der Waals surface area (Å²) in [4.78, 5) is 0. The molecule has 0 bridgehead atoms. The van der Waals surface area contributed by atoms with Gasteiger partial charge >= 0.3 is 40.0 Å². The van der Waals surface area contributed by atoms with E-state index in [1.807, 2.05) is 0 Å². The quantitative estimate of drug-likeness (QED) is 0.210. The first-order valence-electron chi connectivity index (χ1n) is 9.65. The monoisotopic (exact) mass is 374 g/mol. The van der Waals surface area contributed by atoms with Crippen LogP contribution in [0, 0.1) is 0 Å². The Morgan fingerprint density at radius 1 is 0.708 bits per heavy atom. The average molecular weight is 375 g/mol. The third kappa shape index (κ3) is 20.9. The van der Waals surface area contributed by atoms with Crippen LogP contribution in [0.15, 0.2) is 0 Å². The minimum atomic E-state index is -4.33. The molecule has 1 N–H and O–H groups in total. The zero-order valence-electron chi connectivity index (χ0n) is 15.3. The van der Waals surface area contributed by atoms with Gasteiger partial charge in [-0.1, -0.05) is 97.3 Å². The van der Waals surface area contributed by atoms with E-state index in [1.165, 1.54) is 57.8 Å². The Bertz CT molecular complexity index is 347. The fraction of sp³-hybridized carbons (Fsp3) is 1.00. The van der Waals surface area contributed by atoms with Crippen LogP contribution in [0.5, 0.6) is 0 Å². The van der Waals surface area contributed by atoms with Gasteiger partial charge in [0.25, 0.3) is 0 Å². The molecule has 0 aliphatic heterocycles. The zero-order chi connectivity index (χ0) is 17.4. The summed E-state index contributed by atoms with van der Waals surface area (Å²) in [5.41, 5.74) is 0. The van der Waals surface area contributed by atoms with E-state index in [-0.39, 0.29) is 35.7 Å². The van der Waals surface area contributed by atoms with Crippen LogP contribution >= 0.6 is 0 Å². The van der Waals surface area contributed by atoms with E-state index < -0.39 is 10.4 Å². The molecule has 0 heterocycles. The van der Waals surface area contributed by atoms with Gasteiger partial charge < -0.3 is 0 Å². The zero-order valence-corrected chi connectivity index (χ0v) is 16.1. The molecule has 6 heteroatoms. The van der Waals surface area contributed by atoms with Gasteiger partial charge in [0.15, 0.2) is 0 Å². The Morgan fingerprint density at radius 3 is 1.38 bits per heavy atom. The second-order valence-corrected chi connectivity index (χ2v) is 7.66. The topological polar surface area (TPSA) is 63.6 Å². The van der Waals surface area contributed by atoms with Crippen molar-refractivity contribution in [3.63, 3.8) is 0 Å². The SMILES string of the molecule is CCCCCCCCCC(CCCCCCCC)OS(=O)(=O)O.[NaH]. The summed E-state index contributed by atoms with van der Waals surface area (Å²) in [7, 11) is -4.33. The maximum absolute atomic E-state index is 11.0. The van der Waals surface area contributed by atoms with E-state index in [9.17, 15) is 8.42 Å². The predicted octanol–water partition coefficient (Wildman–Crippen LogP) is 5.42. The molecule has 0 aromatic heterocycles. The molecule has 0 spiro atoms. The second kappa shape index (κ2) is 18.7. The summed E-state index contributed by atoms with van der Waals surface area (Å²) in [6, 6.07) is 0. The van der Waals surface area contributed by atoms with Crippen LogP contribution in [-0.2, 0) is 14.6 Å². The average Bonchev–Trinajstić information content (AvgIpc) is 2.48. The van der Waals surface area contributed by atoms with Crippen LogP contribution in [-0.4, -0.2) is 48.6 Å². The molecule has 24 heavy (non-hydrogen) atoms. The van der Waals surface area contributed by atoms with Crippen molar-refractivity contribution in [2.75, 3.05) is 0 Å². The Balaban J connectivity index is 0. The summed E-state index contributed by atoms with van der Waals surface area (Å²) in [5.74, 6) is 0. The Labute approximate surface area is 172 Å². The van der Waals surface area contributed by atoms with Gasteiger partial charge in [-0.05, 0) is 12.8 Å². The van der Waals surface area contributed by atoms with Crippen molar-refractivity contribution in [2.24, 2.45) is 0 Å². The predicted molar refractivity (Wildman–Crippen MR) is 104 cm³/mol. The number of hydrogen-bond donors (Lipinski definition) is 1. The van der Waals surface area contributed by atoms with Gasteiger partial charge in [0, 0.05) is 0 Å². The summed E-state index contributed by atoms with van der Waals surface area (Å²) in [6.07, 6.45) is 16.5. The van der Waals surface area contributed by atoms with E-state index in [1.54, 1.807) is 0 Å². The summed E-state index contributed by atoms with van der Waals surface area (Å²) in [5, 5.41) is 0. The van der Waals surface area contributed by atoms with Crippen LogP contribution in [0.2, 0.25) is 0 Å². The number of rotatable bonds is 17. The third-order valence-electron chi connectivity index (χ3n) is 4.27. The second-order valence-electron chi connectivity index (χ2n) is 6.61. The van der Waals surface area contributed by atoms with Crippen molar-refractivity contribution in [1.29, 1.82) is 0 Å². The normalized spacial score (nSPS) is 12.8. The Morgan fingerprint density at radius 2 is 1.04 bits per heavy atom. The first kappa shape index (κ1) is 27.1. The van der Waals surface area contributed by atoms with Crippen LogP contribution in [0.3, 0.4) is 0 Å². The van der Waals surface area contributed by atoms with Crippen LogP contribution in [0.1, 0.15) is 110 Å². The van der Waals surface area contributed by atoms with E-state index in [2.05, 4.69) is 13.8 Å². The molecule has 0 amide bonds. The van der Waals surface area contributed by atoms with Crippen LogP contribution in [0.25, 0.3) is 0 Å². The molecule has 0 radical (unpaired) electrons. The van der Waals surface area contributed by atoms with Gasteiger partial charge in [-0.25, -0.2) is 4.18 Å². The molecule has 0 saturated heterocycles. The van der Waals surface area contributed by atoms with E-state index in [0.717, 1.165) is 38.5 Å². The van der Waals surface area contributed by atoms with Gasteiger partial charge in [0.2, 0.25) is 0 Å². The fourth-order valence-corrected chi connectivity index (χ4v) is 3.43. The first-order chi connectivity index (χ1) is 11.0. The number of unbranched alkanes of at least 4 members (excludes halogenated alkanes) is 11. The molecule has 1 atom stereocenters. The van der Waals surface area contributed by atoms with Crippen LogP contribution in [0.4, 0.5) is 0 Å². The van der Waals surface area contributed by atoms with Crippen molar-refractivity contribution in [3.8, 4) is 0 Å². The molecule has 0 rings (SSSR count). The molecule has 0 saturated carbocycles. The van der Waals surface area contributed by atoms with Crippen molar-refractivity contribution >= 4 is 40.0 Å². The van der Waals surface area contributed by atoms with E-state index in [0.29, 0.717) is 0 Å². The Hall–Kier alpha value is 0.870. The molecule has 0 fully saturated rings. The third-order valence-corrected chi connectivity index (χ3v) is 4.78. The molecule has 1 unspecified atom stereocenters. The first-order valence-corrected chi connectivity index (χ1v) is 11.0. The summed E-state index contributed by atoms with van der Waals surface area (Å²) in [6.45, 7) is 4.40. The molecule has 0 aromatic carbocycles. The number of hydrogen-bond acceptors (Lipinski definition) is 3.